The summed E-state index contributed by atoms with van der Waals surface area (Å²) in [6, 6.07) is 10.9. The molecule has 0 saturated heterocycles. The summed E-state index contributed by atoms with van der Waals surface area (Å²) in [6.45, 7) is 2.08. The number of nitrogens with one attached hydrogen (secondary N) is 1. The Hall–Kier alpha value is -2.45. The summed E-state index contributed by atoms with van der Waals surface area (Å²) in [5.41, 5.74) is 0.887. The molecule has 0 aromatic heterocycles. The summed E-state index contributed by atoms with van der Waals surface area (Å²) < 4.78 is 45.6. The topological polar surface area (TPSA) is 75.7 Å². The predicted molar refractivity (Wildman–Crippen MR) is 104 cm³/mol. The van der Waals surface area contributed by atoms with Gasteiger partial charge in [-0.05, 0) is 49.1 Å². The van der Waals surface area contributed by atoms with Crippen LogP contribution in [0.2, 0.25) is 0 Å². The van der Waals surface area contributed by atoms with Crippen LogP contribution < -0.4 is 10.1 Å². The minimum Gasteiger partial charge on any atom is -0.492 e. The summed E-state index contributed by atoms with van der Waals surface area (Å²) in [5, 5.41) is 2.74. The third-order valence-corrected chi connectivity index (χ3v) is 6.54. The number of ether oxygens (including phenoxy) is 1. The lowest BCUT2D eigenvalue weighted by Gasteiger charge is -2.16. The molecule has 1 N–H and O–H groups in total. The van der Waals surface area contributed by atoms with Gasteiger partial charge >= 0.3 is 0 Å². The smallest absolute Gasteiger partial charge is 0.246 e. The van der Waals surface area contributed by atoms with Crippen molar-refractivity contribution in [2.24, 2.45) is 5.92 Å². The first-order valence-electron chi connectivity index (χ1n) is 9.00. The van der Waals surface area contributed by atoms with Crippen molar-refractivity contribution in [3.8, 4) is 5.75 Å². The Morgan fingerprint density at radius 1 is 1.25 bits per heavy atom. The summed E-state index contributed by atoms with van der Waals surface area (Å²) in [6.07, 6.45) is 0.562. The van der Waals surface area contributed by atoms with Gasteiger partial charge in [-0.25, -0.2) is 17.1 Å². The van der Waals surface area contributed by atoms with Crippen molar-refractivity contribution in [2.75, 3.05) is 26.0 Å². The van der Waals surface area contributed by atoms with E-state index in [9.17, 15) is 17.6 Å². The number of hydrogen-bond acceptors (Lipinski definition) is 4. The third kappa shape index (κ3) is 4.02. The first-order chi connectivity index (χ1) is 13.3. The van der Waals surface area contributed by atoms with Crippen molar-refractivity contribution in [1.29, 1.82) is 0 Å². The Labute approximate surface area is 164 Å². The lowest BCUT2D eigenvalue weighted by atomic mass is 10.1. The van der Waals surface area contributed by atoms with Gasteiger partial charge in [0.1, 0.15) is 16.5 Å². The number of sulfonamides is 1. The molecule has 1 amide bonds. The van der Waals surface area contributed by atoms with Crippen molar-refractivity contribution in [3.05, 3.63) is 53.8 Å². The van der Waals surface area contributed by atoms with Gasteiger partial charge in [-0.3, -0.25) is 4.79 Å². The Balaban J connectivity index is 1.80. The standard InChI is InChI=1S/C20H23FN2O4S/c1-4-27-18-10-9-13(11-19(18)28(25,26)23(2)3)22-20(24)16-12-15(16)14-7-5-6-8-17(14)21/h5-11,15-16H,4,12H2,1-3H3,(H,22,24). The van der Waals surface area contributed by atoms with Crippen LogP contribution in [0.15, 0.2) is 47.4 Å². The largest absolute Gasteiger partial charge is 0.492 e. The van der Waals surface area contributed by atoms with Gasteiger partial charge in [0.05, 0.1) is 6.61 Å². The number of hydrogen-bond donors (Lipinski definition) is 1. The van der Waals surface area contributed by atoms with Gasteiger partial charge in [-0.2, -0.15) is 0 Å². The lowest BCUT2D eigenvalue weighted by molar-refractivity contribution is -0.117. The Morgan fingerprint density at radius 3 is 2.61 bits per heavy atom. The predicted octanol–water partition coefficient (Wildman–Crippen LogP) is 3.22. The Kier molecular flexibility index (Phi) is 5.71. The normalized spacial score (nSPS) is 18.8. The van der Waals surface area contributed by atoms with Gasteiger partial charge in [-0.1, -0.05) is 18.2 Å². The van der Waals surface area contributed by atoms with Crippen molar-refractivity contribution in [2.45, 2.75) is 24.2 Å². The van der Waals surface area contributed by atoms with E-state index in [1.54, 1.807) is 31.2 Å². The zero-order valence-corrected chi connectivity index (χ0v) is 16.8. The van der Waals surface area contributed by atoms with Gasteiger partial charge < -0.3 is 10.1 Å². The van der Waals surface area contributed by atoms with Crippen LogP contribution in [-0.4, -0.2) is 39.3 Å². The molecule has 0 heterocycles. The second kappa shape index (κ2) is 7.89. The molecule has 1 aliphatic carbocycles. The first kappa shape index (κ1) is 20.3. The first-order valence-corrected chi connectivity index (χ1v) is 10.4. The molecule has 28 heavy (non-hydrogen) atoms. The molecule has 1 aliphatic rings. The molecule has 2 aromatic rings. The summed E-state index contributed by atoms with van der Waals surface area (Å²) >= 11 is 0. The summed E-state index contributed by atoms with van der Waals surface area (Å²) in [4.78, 5) is 12.5. The second-order valence-corrected chi connectivity index (χ2v) is 8.96. The molecule has 0 aliphatic heterocycles. The van der Waals surface area contributed by atoms with E-state index in [1.165, 1.54) is 32.3 Å². The van der Waals surface area contributed by atoms with E-state index in [0.717, 1.165) is 4.31 Å². The van der Waals surface area contributed by atoms with Gasteiger partial charge in [-0.15, -0.1) is 0 Å². The molecule has 8 heteroatoms. The average Bonchev–Trinajstić information content (AvgIpc) is 3.44. The Morgan fingerprint density at radius 2 is 1.96 bits per heavy atom. The molecule has 1 fully saturated rings. The van der Waals surface area contributed by atoms with E-state index in [2.05, 4.69) is 5.32 Å². The molecular formula is C20H23FN2O4S. The highest BCUT2D eigenvalue weighted by Gasteiger charge is 2.45. The number of benzene rings is 2. The molecule has 3 rings (SSSR count). The number of rotatable bonds is 7. The molecule has 2 unspecified atom stereocenters. The van der Waals surface area contributed by atoms with E-state index in [0.29, 0.717) is 24.3 Å². The van der Waals surface area contributed by atoms with Crippen LogP contribution in [0.1, 0.15) is 24.8 Å². The molecule has 0 radical (unpaired) electrons. The number of halogens is 1. The van der Waals surface area contributed by atoms with Crippen LogP contribution in [0.3, 0.4) is 0 Å². The number of nitrogens with zero attached hydrogens (tertiary/aromatic N) is 1. The maximum absolute atomic E-state index is 13.9. The third-order valence-electron chi connectivity index (χ3n) is 4.70. The van der Waals surface area contributed by atoms with Crippen molar-refractivity contribution in [3.63, 3.8) is 0 Å². The van der Waals surface area contributed by atoms with Crippen LogP contribution in [0.4, 0.5) is 10.1 Å². The quantitative estimate of drug-likeness (QED) is 0.766. The maximum Gasteiger partial charge on any atom is 0.246 e. The monoisotopic (exact) mass is 406 g/mol. The summed E-state index contributed by atoms with van der Waals surface area (Å²) in [5.74, 6) is -0.843. The molecule has 2 aromatic carbocycles. The summed E-state index contributed by atoms with van der Waals surface area (Å²) in [7, 11) is -0.884. The fourth-order valence-corrected chi connectivity index (χ4v) is 4.15. The molecule has 0 bridgehead atoms. The van der Waals surface area contributed by atoms with Gasteiger partial charge in [0, 0.05) is 25.7 Å². The van der Waals surface area contributed by atoms with Crippen LogP contribution in [0, 0.1) is 11.7 Å². The Bertz CT molecular complexity index is 991. The fourth-order valence-electron chi connectivity index (χ4n) is 3.10. The van der Waals surface area contributed by atoms with Crippen LogP contribution in [0.25, 0.3) is 0 Å². The zero-order valence-electron chi connectivity index (χ0n) is 16.0. The second-order valence-electron chi connectivity index (χ2n) is 6.84. The molecule has 150 valence electrons. The number of carbonyl (C=O) groups excluding carboxylic acids is 1. The highest BCUT2D eigenvalue weighted by molar-refractivity contribution is 7.89. The van der Waals surface area contributed by atoms with E-state index in [1.807, 2.05) is 0 Å². The van der Waals surface area contributed by atoms with E-state index in [4.69, 9.17) is 4.74 Å². The molecule has 0 spiro atoms. The molecule has 2 atom stereocenters. The van der Waals surface area contributed by atoms with E-state index < -0.39 is 10.0 Å². The number of anilines is 1. The number of amides is 1. The van der Waals surface area contributed by atoms with Crippen LogP contribution in [0.5, 0.6) is 5.75 Å². The molecule has 1 saturated carbocycles. The lowest BCUT2D eigenvalue weighted by Crippen LogP contribution is -2.23. The fraction of sp³-hybridized carbons (Fsp3) is 0.350. The van der Waals surface area contributed by atoms with E-state index >= 15 is 0 Å². The molecular weight excluding hydrogens is 383 g/mol. The minimum absolute atomic E-state index is 0.0152. The van der Waals surface area contributed by atoms with Gasteiger partial charge in [0.25, 0.3) is 0 Å². The number of carbonyl (C=O) groups is 1. The zero-order chi connectivity index (χ0) is 20.5. The van der Waals surface area contributed by atoms with Crippen molar-refractivity contribution < 1.29 is 22.3 Å². The average molecular weight is 406 g/mol. The van der Waals surface area contributed by atoms with Crippen molar-refractivity contribution >= 4 is 21.6 Å². The van der Waals surface area contributed by atoms with E-state index in [-0.39, 0.29) is 34.2 Å². The van der Waals surface area contributed by atoms with Gasteiger partial charge in [0.2, 0.25) is 15.9 Å². The SMILES string of the molecule is CCOc1ccc(NC(=O)C2CC2c2ccccc2F)cc1S(=O)(=O)N(C)C. The maximum atomic E-state index is 13.9. The van der Waals surface area contributed by atoms with Gasteiger partial charge in [0.15, 0.2) is 0 Å². The van der Waals surface area contributed by atoms with Crippen LogP contribution in [-0.2, 0) is 14.8 Å². The minimum atomic E-state index is -3.74. The van der Waals surface area contributed by atoms with Crippen LogP contribution >= 0.6 is 0 Å². The highest BCUT2D eigenvalue weighted by Crippen LogP contribution is 2.48. The molecule has 6 nitrogen and oxygen atoms in total. The highest BCUT2D eigenvalue weighted by atomic mass is 32.2. The van der Waals surface area contributed by atoms with Crippen molar-refractivity contribution in [1.82, 2.24) is 4.31 Å².